The van der Waals surface area contributed by atoms with Crippen LogP contribution in [-0.4, -0.2) is 29.1 Å². The summed E-state index contributed by atoms with van der Waals surface area (Å²) in [5.74, 6) is -1.42. The Labute approximate surface area is 108 Å². The van der Waals surface area contributed by atoms with E-state index in [0.29, 0.717) is 17.2 Å². The molecule has 1 unspecified atom stereocenters. The van der Waals surface area contributed by atoms with Crippen LogP contribution in [0.4, 0.5) is 0 Å². The maximum Gasteiger partial charge on any atom is 0.208 e. The van der Waals surface area contributed by atoms with Crippen molar-refractivity contribution in [1.29, 1.82) is 0 Å². The van der Waals surface area contributed by atoms with Crippen LogP contribution in [0.25, 0.3) is 0 Å². The lowest BCUT2D eigenvalue weighted by Gasteiger charge is -2.46. The zero-order valence-electron chi connectivity index (χ0n) is 10.6. The van der Waals surface area contributed by atoms with Gasteiger partial charge in [-0.15, -0.1) is 0 Å². The van der Waals surface area contributed by atoms with Gasteiger partial charge in [-0.3, -0.25) is 0 Å². The minimum Gasteiger partial charge on any atom is -0.361 e. The zero-order valence-corrected chi connectivity index (χ0v) is 11.3. The summed E-state index contributed by atoms with van der Waals surface area (Å²) in [5, 5.41) is 14.2. The number of halogens is 1. The Balaban J connectivity index is 3.02. The van der Waals surface area contributed by atoms with Crippen molar-refractivity contribution < 1.29 is 9.84 Å². The average Bonchev–Trinajstić information content (AvgIpc) is 2.20. The first-order chi connectivity index (χ1) is 7.71. The summed E-state index contributed by atoms with van der Waals surface area (Å²) < 4.78 is 5.60. The molecule has 1 aliphatic heterocycles. The minimum atomic E-state index is -1.42. The van der Waals surface area contributed by atoms with Gasteiger partial charge in [0.2, 0.25) is 5.79 Å². The summed E-state index contributed by atoms with van der Waals surface area (Å²) >= 11 is 5.73. The van der Waals surface area contributed by atoms with Crippen LogP contribution < -0.4 is 5.32 Å². The Morgan fingerprint density at radius 1 is 1.59 bits per heavy atom. The third-order valence-electron chi connectivity index (χ3n) is 2.79. The van der Waals surface area contributed by atoms with Crippen LogP contribution in [0, 0.1) is 0 Å². The number of nitrogens with one attached hydrogen (secondary N) is 1. The van der Waals surface area contributed by atoms with Gasteiger partial charge in [0.05, 0.1) is 12.6 Å². The molecular weight excluding hydrogens is 238 g/mol. The van der Waals surface area contributed by atoms with E-state index >= 15 is 0 Å². The molecule has 0 amide bonds. The van der Waals surface area contributed by atoms with Gasteiger partial charge in [-0.25, -0.2) is 0 Å². The van der Waals surface area contributed by atoms with Crippen molar-refractivity contribution in [3.05, 3.63) is 35.9 Å². The van der Waals surface area contributed by atoms with Gasteiger partial charge in [0, 0.05) is 16.1 Å². The van der Waals surface area contributed by atoms with Gasteiger partial charge in [-0.1, -0.05) is 30.8 Å². The van der Waals surface area contributed by atoms with Crippen LogP contribution in [-0.2, 0) is 4.74 Å². The molecule has 1 aliphatic rings. The van der Waals surface area contributed by atoms with Crippen molar-refractivity contribution in [2.24, 2.45) is 0 Å². The molecule has 0 aromatic carbocycles. The molecule has 1 saturated heterocycles. The van der Waals surface area contributed by atoms with Gasteiger partial charge in [0.1, 0.15) is 0 Å². The summed E-state index contributed by atoms with van der Waals surface area (Å²) in [5.41, 5.74) is 0.337. The Hall–Kier alpha value is -0.610. The highest BCUT2D eigenvalue weighted by atomic mass is 35.5. The summed E-state index contributed by atoms with van der Waals surface area (Å²) in [6.07, 6.45) is 3.09. The molecule has 4 heteroatoms. The summed E-state index contributed by atoms with van der Waals surface area (Å²) in [4.78, 5) is 0. The number of aliphatic hydroxyl groups is 1. The molecule has 2 atom stereocenters. The van der Waals surface area contributed by atoms with Crippen LogP contribution in [0.5, 0.6) is 0 Å². The number of hydrogen-bond donors (Lipinski definition) is 2. The van der Waals surface area contributed by atoms with Crippen LogP contribution in [0.1, 0.15) is 20.8 Å². The fourth-order valence-corrected chi connectivity index (χ4v) is 2.07. The summed E-state index contributed by atoms with van der Waals surface area (Å²) in [6, 6.07) is -0.272. The van der Waals surface area contributed by atoms with Crippen molar-refractivity contribution in [2.45, 2.75) is 38.1 Å². The summed E-state index contributed by atoms with van der Waals surface area (Å²) in [7, 11) is 0. The highest BCUT2D eigenvalue weighted by Crippen LogP contribution is 2.31. The van der Waals surface area contributed by atoms with Gasteiger partial charge in [-0.05, 0) is 26.8 Å². The topological polar surface area (TPSA) is 41.5 Å². The molecule has 0 bridgehead atoms. The quantitative estimate of drug-likeness (QED) is 0.763. The fourth-order valence-electron chi connectivity index (χ4n) is 1.95. The molecule has 1 fully saturated rings. The van der Waals surface area contributed by atoms with E-state index in [1.165, 1.54) is 6.08 Å². The molecule has 0 aromatic heterocycles. The predicted molar refractivity (Wildman–Crippen MR) is 70.9 cm³/mol. The van der Waals surface area contributed by atoms with Crippen molar-refractivity contribution in [3.63, 3.8) is 0 Å². The molecule has 0 spiro atoms. The number of hydrogen-bond acceptors (Lipinski definition) is 3. The number of allylic oxidation sites excluding steroid dienone is 2. The van der Waals surface area contributed by atoms with Gasteiger partial charge >= 0.3 is 0 Å². The van der Waals surface area contributed by atoms with Crippen LogP contribution in [0.15, 0.2) is 35.9 Å². The molecular formula is C13H20ClNO2. The van der Waals surface area contributed by atoms with E-state index in [0.717, 1.165) is 0 Å². The molecule has 0 aliphatic carbocycles. The lowest BCUT2D eigenvalue weighted by Crippen LogP contribution is -2.65. The lowest BCUT2D eigenvalue weighted by atomic mass is 9.92. The van der Waals surface area contributed by atoms with Crippen LogP contribution >= 0.6 is 11.6 Å². The lowest BCUT2D eigenvalue weighted by molar-refractivity contribution is -0.227. The fraction of sp³-hybridized carbons (Fsp3) is 0.538. The normalized spacial score (nSPS) is 33.2. The van der Waals surface area contributed by atoms with Crippen molar-refractivity contribution in [3.8, 4) is 0 Å². The van der Waals surface area contributed by atoms with E-state index < -0.39 is 5.79 Å². The highest BCUT2D eigenvalue weighted by molar-refractivity contribution is 6.30. The molecule has 1 rings (SSSR count). The Morgan fingerprint density at radius 3 is 2.59 bits per heavy atom. The third kappa shape index (κ3) is 3.19. The van der Waals surface area contributed by atoms with Crippen molar-refractivity contribution in [2.75, 3.05) is 6.61 Å². The first-order valence-corrected chi connectivity index (χ1v) is 5.92. The number of morpholine rings is 1. The Morgan fingerprint density at radius 2 is 2.18 bits per heavy atom. The number of ether oxygens (including phenoxy) is 1. The summed E-state index contributed by atoms with van der Waals surface area (Å²) in [6.45, 7) is 13.5. The highest BCUT2D eigenvalue weighted by Gasteiger charge is 2.45. The SMILES string of the molecule is C=C/C(=C\C(=C)Cl)C1(O)OCC(C)(C)N[C@@H]1C. The van der Waals surface area contributed by atoms with Gasteiger partial charge in [0.25, 0.3) is 0 Å². The maximum absolute atomic E-state index is 10.6. The van der Waals surface area contributed by atoms with Gasteiger partial charge in [-0.2, -0.15) is 0 Å². The second kappa shape index (κ2) is 4.94. The molecule has 2 N–H and O–H groups in total. The van der Waals surface area contributed by atoms with E-state index in [-0.39, 0.29) is 11.6 Å². The molecule has 3 nitrogen and oxygen atoms in total. The van der Waals surface area contributed by atoms with Crippen molar-refractivity contribution >= 4 is 11.6 Å². The molecule has 0 saturated carbocycles. The molecule has 0 aromatic rings. The van der Waals surface area contributed by atoms with Crippen molar-refractivity contribution in [1.82, 2.24) is 5.32 Å². The monoisotopic (exact) mass is 257 g/mol. The second-order valence-electron chi connectivity index (χ2n) is 4.99. The van der Waals surface area contributed by atoms with E-state index in [2.05, 4.69) is 18.5 Å². The predicted octanol–water partition coefficient (Wildman–Crippen LogP) is 2.33. The number of rotatable bonds is 3. The van der Waals surface area contributed by atoms with Crippen LogP contribution in [0.2, 0.25) is 0 Å². The zero-order chi connectivity index (χ0) is 13.3. The van der Waals surface area contributed by atoms with E-state index in [1.54, 1.807) is 6.08 Å². The van der Waals surface area contributed by atoms with E-state index in [4.69, 9.17) is 16.3 Å². The second-order valence-corrected chi connectivity index (χ2v) is 5.47. The first kappa shape index (κ1) is 14.5. The standard InChI is InChI=1S/C13H20ClNO2/c1-6-11(7-9(2)14)13(16)10(3)15-12(4,5)8-17-13/h6-7,10,15-16H,1-2,8H2,3-5H3/b11-7+/t10-,13?/m1/s1. The van der Waals surface area contributed by atoms with Gasteiger partial charge in [0.15, 0.2) is 0 Å². The molecule has 1 heterocycles. The molecule has 96 valence electrons. The van der Waals surface area contributed by atoms with E-state index in [9.17, 15) is 5.11 Å². The van der Waals surface area contributed by atoms with Gasteiger partial charge < -0.3 is 15.2 Å². The smallest absolute Gasteiger partial charge is 0.208 e. The van der Waals surface area contributed by atoms with Crippen LogP contribution in [0.3, 0.4) is 0 Å². The largest absolute Gasteiger partial charge is 0.361 e. The average molecular weight is 258 g/mol. The Bertz CT molecular complexity index is 362. The maximum atomic E-state index is 10.6. The minimum absolute atomic E-state index is 0.171. The third-order valence-corrected chi connectivity index (χ3v) is 2.90. The van der Waals surface area contributed by atoms with E-state index in [1.807, 2.05) is 20.8 Å². The molecule has 0 radical (unpaired) electrons. The Kier molecular flexibility index (Phi) is 4.20. The molecule has 17 heavy (non-hydrogen) atoms. The first-order valence-electron chi connectivity index (χ1n) is 5.54.